The maximum atomic E-state index is 7.51. The average Bonchev–Trinajstić information content (AvgIpc) is 2.79. The fourth-order valence-electron chi connectivity index (χ4n) is 3.18. The molecule has 0 atom stereocenters. The summed E-state index contributed by atoms with van der Waals surface area (Å²) >= 11 is 0. The molecule has 0 bridgehead atoms. The minimum atomic E-state index is 0.193. The van der Waals surface area contributed by atoms with E-state index in [4.69, 9.17) is 16.9 Å². The Hall–Kier alpha value is -4.20. The van der Waals surface area contributed by atoms with Gasteiger partial charge in [0.1, 0.15) is 11.7 Å². The van der Waals surface area contributed by atoms with Crippen LogP contribution in [-0.2, 0) is 6.54 Å². The van der Waals surface area contributed by atoms with Crippen molar-refractivity contribution in [2.45, 2.75) is 27.3 Å². The van der Waals surface area contributed by atoms with Gasteiger partial charge in [-0.3, -0.25) is 9.98 Å². The van der Waals surface area contributed by atoms with Gasteiger partial charge in [-0.1, -0.05) is 19.9 Å². The van der Waals surface area contributed by atoms with Crippen LogP contribution in [0.25, 0.3) is 0 Å². The van der Waals surface area contributed by atoms with Crippen LogP contribution < -0.4 is 22.1 Å². The number of amidine groups is 1. The standard InChI is InChI=1S/C25H30N8/c1-16(2)18(11-26)10-24(28)33-25-8-7-22-23(32-25)9-19(14-30-22)20(12-27)13-29-15-21-6-4-5-17(3)31-21/h4-14,16,26,30,32H,15,27H2,1-3H3,(H2,28,33). The van der Waals surface area contributed by atoms with Crippen LogP contribution in [0.1, 0.15) is 25.2 Å². The van der Waals surface area contributed by atoms with Crippen molar-refractivity contribution in [1.29, 1.82) is 5.41 Å². The summed E-state index contributed by atoms with van der Waals surface area (Å²) in [4.78, 5) is 13.4. The SMILES string of the molecule is Cc1cccc(CN=CC(=CN)C2=CNC3=CC=C(N=C(N)C=C(C=N)C(C)C)NC3=C2)n1. The summed E-state index contributed by atoms with van der Waals surface area (Å²) in [7, 11) is 0. The van der Waals surface area contributed by atoms with Gasteiger partial charge in [-0.15, -0.1) is 0 Å². The third-order valence-electron chi connectivity index (χ3n) is 4.98. The molecule has 8 heteroatoms. The molecule has 0 saturated carbocycles. The van der Waals surface area contributed by atoms with Crippen LogP contribution >= 0.6 is 0 Å². The summed E-state index contributed by atoms with van der Waals surface area (Å²) in [5.41, 5.74) is 18.0. The Kier molecular flexibility index (Phi) is 7.75. The fraction of sp³-hybridized carbons (Fsp3) is 0.200. The van der Waals surface area contributed by atoms with Crippen molar-refractivity contribution in [1.82, 2.24) is 15.6 Å². The van der Waals surface area contributed by atoms with Crippen molar-refractivity contribution in [3.63, 3.8) is 0 Å². The van der Waals surface area contributed by atoms with Crippen LogP contribution in [0.2, 0.25) is 0 Å². The number of aliphatic imine (C=N–C) groups is 2. The molecule has 2 aliphatic heterocycles. The number of fused-ring (bicyclic) bond motifs is 1. The molecule has 1 aromatic heterocycles. The van der Waals surface area contributed by atoms with E-state index in [1.807, 2.05) is 63.4 Å². The van der Waals surface area contributed by atoms with Gasteiger partial charge < -0.3 is 27.5 Å². The highest BCUT2D eigenvalue weighted by Gasteiger charge is 2.16. The summed E-state index contributed by atoms with van der Waals surface area (Å²) in [5.74, 6) is 1.13. The van der Waals surface area contributed by atoms with Crippen LogP contribution in [0.4, 0.5) is 0 Å². The van der Waals surface area contributed by atoms with Crippen molar-refractivity contribution in [3.8, 4) is 0 Å². The zero-order valence-corrected chi connectivity index (χ0v) is 19.1. The minimum absolute atomic E-state index is 0.193. The Morgan fingerprint density at radius 1 is 1.24 bits per heavy atom. The average molecular weight is 443 g/mol. The molecule has 0 aliphatic carbocycles. The highest BCUT2D eigenvalue weighted by Crippen LogP contribution is 2.22. The number of dihydropyridines is 2. The molecule has 3 rings (SSSR count). The maximum Gasteiger partial charge on any atom is 0.132 e. The third-order valence-corrected chi connectivity index (χ3v) is 4.98. The first-order valence-electron chi connectivity index (χ1n) is 10.7. The summed E-state index contributed by atoms with van der Waals surface area (Å²) in [6, 6.07) is 5.88. The van der Waals surface area contributed by atoms with Crippen molar-refractivity contribution in [3.05, 3.63) is 100 Å². The number of hydrogen-bond donors (Lipinski definition) is 5. The van der Waals surface area contributed by atoms with E-state index in [0.717, 1.165) is 39.5 Å². The summed E-state index contributed by atoms with van der Waals surface area (Å²) in [6.07, 6.45) is 13.9. The van der Waals surface area contributed by atoms with Crippen LogP contribution in [0.15, 0.2) is 98.8 Å². The van der Waals surface area contributed by atoms with Gasteiger partial charge in [-0.2, -0.15) is 0 Å². The smallest absolute Gasteiger partial charge is 0.132 e. The second-order valence-electron chi connectivity index (χ2n) is 7.90. The number of hydrogen-bond acceptors (Lipinski definition) is 7. The van der Waals surface area contributed by atoms with Crippen LogP contribution in [-0.4, -0.2) is 23.2 Å². The Bertz CT molecular complexity index is 1160. The van der Waals surface area contributed by atoms with Gasteiger partial charge in [-0.25, -0.2) is 4.99 Å². The predicted molar refractivity (Wildman–Crippen MR) is 135 cm³/mol. The fourth-order valence-corrected chi connectivity index (χ4v) is 3.18. The lowest BCUT2D eigenvalue weighted by molar-refractivity contribution is 0.806. The Balaban J connectivity index is 1.72. The van der Waals surface area contributed by atoms with Crippen molar-refractivity contribution in [2.75, 3.05) is 0 Å². The Labute approximate surface area is 194 Å². The molecule has 3 heterocycles. The number of aryl methyl sites for hydroxylation is 1. The lowest BCUT2D eigenvalue weighted by Crippen LogP contribution is -2.27. The molecule has 0 radical (unpaired) electrons. The van der Waals surface area contributed by atoms with Gasteiger partial charge in [0.25, 0.3) is 0 Å². The molecule has 0 spiro atoms. The molecular weight excluding hydrogens is 412 g/mol. The quantitative estimate of drug-likeness (QED) is 0.311. The lowest BCUT2D eigenvalue weighted by Gasteiger charge is -2.23. The number of nitrogens with two attached hydrogens (primary N) is 2. The summed E-state index contributed by atoms with van der Waals surface area (Å²) < 4.78 is 0. The summed E-state index contributed by atoms with van der Waals surface area (Å²) in [6.45, 7) is 6.45. The van der Waals surface area contributed by atoms with Gasteiger partial charge in [0.05, 0.1) is 23.6 Å². The molecule has 2 aliphatic rings. The number of nitrogens with one attached hydrogen (secondary N) is 3. The Morgan fingerprint density at radius 2 is 2.06 bits per heavy atom. The monoisotopic (exact) mass is 442 g/mol. The molecule has 33 heavy (non-hydrogen) atoms. The molecule has 0 unspecified atom stereocenters. The highest BCUT2D eigenvalue weighted by molar-refractivity contribution is 5.97. The molecule has 8 nitrogen and oxygen atoms in total. The van der Waals surface area contributed by atoms with Crippen LogP contribution in [0.3, 0.4) is 0 Å². The first-order valence-corrected chi connectivity index (χ1v) is 10.7. The number of aromatic nitrogens is 1. The van der Waals surface area contributed by atoms with E-state index in [9.17, 15) is 0 Å². The lowest BCUT2D eigenvalue weighted by atomic mass is 10.0. The zero-order valence-electron chi connectivity index (χ0n) is 19.1. The van der Waals surface area contributed by atoms with Crippen molar-refractivity contribution in [2.24, 2.45) is 27.4 Å². The van der Waals surface area contributed by atoms with Gasteiger partial charge >= 0.3 is 0 Å². The number of pyridine rings is 1. The first kappa shape index (κ1) is 23.5. The van der Waals surface area contributed by atoms with E-state index in [2.05, 4.69) is 25.6 Å². The number of allylic oxidation sites excluding steroid dienone is 6. The second-order valence-corrected chi connectivity index (χ2v) is 7.90. The topological polar surface area (TPSA) is 138 Å². The van der Waals surface area contributed by atoms with E-state index in [1.54, 1.807) is 12.3 Å². The van der Waals surface area contributed by atoms with Gasteiger partial charge in [0.2, 0.25) is 0 Å². The molecule has 0 amide bonds. The molecule has 1 aromatic rings. The normalized spacial score (nSPS) is 16.9. The van der Waals surface area contributed by atoms with E-state index in [-0.39, 0.29) is 5.92 Å². The summed E-state index contributed by atoms with van der Waals surface area (Å²) in [5, 5.41) is 14.1. The van der Waals surface area contributed by atoms with E-state index in [0.29, 0.717) is 18.2 Å². The number of nitrogens with zero attached hydrogens (tertiary/aromatic N) is 3. The van der Waals surface area contributed by atoms with E-state index < -0.39 is 0 Å². The molecule has 7 N–H and O–H groups in total. The maximum absolute atomic E-state index is 7.51. The second kappa shape index (κ2) is 10.9. The van der Waals surface area contributed by atoms with E-state index >= 15 is 0 Å². The third kappa shape index (κ3) is 6.39. The van der Waals surface area contributed by atoms with Crippen molar-refractivity contribution >= 4 is 18.3 Å². The van der Waals surface area contributed by atoms with Gasteiger partial charge in [-0.05, 0) is 54.9 Å². The molecule has 0 fully saturated rings. The van der Waals surface area contributed by atoms with Gasteiger partial charge in [0.15, 0.2) is 0 Å². The van der Waals surface area contributed by atoms with Crippen molar-refractivity contribution < 1.29 is 0 Å². The number of rotatable bonds is 8. The van der Waals surface area contributed by atoms with Crippen LogP contribution in [0, 0.1) is 18.3 Å². The Morgan fingerprint density at radius 3 is 2.76 bits per heavy atom. The van der Waals surface area contributed by atoms with Crippen LogP contribution in [0.5, 0.6) is 0 Å². The molecular formula is C25H30N8. The molecule has 0 saturated heterocycles. The minimum Gasteiger partial charge on any atom is -0.404 e. The highest BCUT2D eigenvalue weighted by atomic mass is 15.1. The van der Waals surface area contributed by atoms with Gasteiger partial charge in [0, 0.05) is 41.7 Å². The zero-order chi connectivity index (χ0) is 23.8. The predicted octanol–water partition coefficient (Wildman–Crippen LogP) is 3.09. The molecule has 170 valence electrons. The largest absolute Gasteiger partial charge is 0.404 e. The first-order chi connectivity index (χ1) is 15.9. The van der Waals surface area contributed by atoms with E-state index in [1.165, 1.54) is 12.4 Å². The molecule has 0 aromatic carbocycles.